The molecule has 0 aliphatic carbocycles. The normalized spacial score (nSPS) is 15.2. The van der Waals surface area contributed by atoms with Crippen molar-refractivity contribution in [1.82, 2.24) is 0 Å². The van der Waals surface area contributed by atoms with E-state index in [-0.39, 0.29) is 22.6 Å². The monoisotopic (exact) mass is 414 g/mol. The summed E-state index contributed by atoms with van der Waals surface area (Å²) in [5.41, 5.74) is -1.05. The molecule has 28 heavy (non-hydrogen) atoms. The van der Waals surface area contributed by atoms with Crippen molar-refractivity contribution < 1.29 is 36.6 Å². The van der Waals surface area contributed by atoms with Crippen molar-refractivity contribution >= 4 is 15.5 Å². The molecular weight excluding hydrogens is 401 g/mol. The van der Waals surface area contributed by atoms with Crippen LogP contribution in [-0.2, 0) is 16.3 Å². The number of anilines is 1. The van der Waals surface area contributed by atoms with Crippen LogP contribution < -0.4 is 9.80 Å². The van der Waals surface area contributed by atoms with Crippen molar-refractivity contribution in [2.24, 2.45) is 0 Å². The number of ether oxygens (including phenoxy) is 1. The van der Waals surface area contributed by atoms with E-state index in [1.165, 1.54) is 6.07 Å². The third kappa shape index (κ3) is 3.49. The summed E-state index contributed by atoms with van der Waals surface area (Å²) in [6.45, 7) is -0.739. The van der Waals surface area contributed by atoms with Crippen molar-refractivity contribution in [1.29, 1.82) is 5.26 Å². The Kier molecular flexibility index (Phi) is 4.97. The maximum Gasteiger partial charge on any atom is 0.351 e. The molecule has 0 amide bonds. The summed E-state index contributed by atoms with van der Waals surface area (Å²) in [7, 11) is -4.17. The molecule has 0 atom stereocenters. The largest absolute Gasteiger partial charge is 0.457 e. The molecule has 1 heterocycles. The Morgan fingerprint density at radius 3 is 2.64 bits per heavy atom. The lowest BCUT2D eigenvalue weighted by atomic mass is 10.1. The summed E-state index contributed by atoms with van der Waals surface area (Å²) in [5.74, 6) is -1.91. The molecule has 0 bridgehead atoms. The number of nitriles is 1. The van der Waals surface area contributed by atoms with E-state index in [2.05, 4.69) is 0 Å². The molecule has 3 rings (SSSR count). The highest BCUT2D eigenvalue weighted by Crippen LogP contribution is 2.48. The Balaban J connectivity index is 2.14. The van der Waals surface area contributed by atoms with Gasteiger partial charge in [-0.05, 0) is 24.3 Å². The zero-order chi connectivity index (χ0) is 20.7. The highest BCUT2D eigenvalue weighted by Gasteiger charge is 2.49. The maximum absolute atomic E-state index is 14.1. The first-order valence-electron chi connectivity index (χ1n) is 7.84. The molecule has 0 aromatic heterocycles. The van der Waals surface area contributed by atoms with E-state index in [0.717, 1.165) is 24.3 Å². The Labute approximate surface area is 157 Å². The van der Waals surface area contributed by atoms with Crippen LogP contribution in [0.4, 0.5) is 18.9 Å². The maximum atomic E-state index is 14.1. The third-order valence-electron chi connectivity index (χ3n) is 4.04. The van der Waals surface area contributed by atoms with Gasteiger partial charge in [-0.1, -0.05) is 0 Å². The van der Waals surface area contributed by atoms with E-state index in [4.69, 9.17) is 15.1 Å². The van der Waals surface area contributed by atoms with E-state index >= 15 is 0 Å². The summed E-state index contributed by atoms with van der Waals surface area (Å²) in [6.07, 6.45) is -1.06. The Morgan fingerprint density at radius 2 is 2.00 bits per heavy atom. The molecule has 2 aromatic rings. The topological polar surface area (TPSA) is 111 Å². The SMILES string of the molecule is N#Cc1cc(F)cc(Oc2ccc(S(=O)(=O)CCO)c3c2CC(F)(F)N3O)c1. The summed E-state index contributed by atoms with van der Waals surface area (Å²) in [5, 5.41) is 27.2. The van der Waals surface area contributed by atoms with Crippen LogP contribution in [0.1, 0.15) is 11.1 Å². The molecule has 1 aliphatic rings. The first kappa shape index (κ1) is 19.9. The van der Waals surface area contributed by atoms with Crippen LogP contribution in [0.25, 0.3) is 0 Å². The van der Waals surface area contributed by atoms with E-state index in [1.54, 1.807) is 6.07 Å². The van der Waals surface area contributed by atoms with Gasteiger partial charge in [-0.2, -0.15) is 19.1 Å². The number of aliphatic hydroxyl groups is 1. The van der Waals surface area contributed by atoms with Crippen molar-refractivity contribution in [3.8, 4) is 17.6 Å². The third-order valence-corrected chi connectivity index (χ3v) is 5.76. The quantitative estimate of drug-likeness (QED) is 0.724. The van der Waals surface area contributed by atoms with Gasteiger partial charge in [-0.3, -0.25) is 5.21 Å². The van der Waals surface area contributed by atoms with Crippen LogP contribution in [0, 0.1) is 17.1 Å². The lowest BCUT2D eigenvalue weighted by molar-refractivity contribution is -0.0614. The minimum atomic E-state index is -4.17. The van der Waals surface area contributed by atoms with Crippen molar-refractivity contribution in [3.05, 3.63) is 47.3 Å². The second-order valence-electron chi connectivity index (χ2n) is 5.98. The average molecular weight is 414 g/mol. The zero-order valence-electron chi connectivity index (χ0n) is 14.1. The summed E-state index contributed by atoms with van der Waals surface area (Å²) in [6, 6.07) is 3.01. The number of halogens is 3. The molecule has 0 saturated heterocycles. The molecule has 1 aliphatic heterocycles. The minimum Gasteiger partial charge on any atom is -0.457 e. The number of benzene rings is 2. The summed E-state index contributed by atoms with van der Waals surface area (Å²) >= 11 is 0. The number of aliphatic hydroxyl groups excluding tert-OH is 1. The zero-order valence-corrected chi connectivity index (χ0v) is 14.9. The molecule has 2 N–H and O–H groups in total. The number of hydrogen-bond acceptors (Lipinski definition) is 7. The van der Waals surface area contributed by atoms with Gasteiger partial charge in [-0.25, -0.2) is 12.8 Å². The van der Waals surface area contributed by atoms with Gasteiger partial charge < -0.3 is 9.84 Å². The van der Waals surface area contributed by atoms with Crippen LogP contribution in [-0.4, -0.2) is 37.1 Å². The molecule has 148 valence electrons. The fourth-order valence-electron chi connectivity index (χ4n) is 2.84. The van der Waals surface area contributed by atoms with E-state index in [9.17, 15) is 26.8 Å². The van der Waals surface area contributed by atoms with Gasteiger partial charge in [0.05, 0.1) is 41.0 Å². The first-order chi connectivity index (χ1) is 13.1. The number of fused-ring (bicyclic) bond motifs is 1. The van der Waals surface area contributed by atoms with Crippen molar-refractivity contribution in [2.75, 3.05) is 17.4 Å². The van der Waals surface area contributed by atoms with Crippen LogP contribution >= 0.6 is 0 Å². The van der Waals surface area contributed by atoms with Crippen LogP contribution in [0.15, 0.2) is 35.2 Å². The second kappa shape index (κ2) is 6.97. The minimum absolute atomic E-state index is 0.0668. The second-order valence-corrected chi connectivity index (χ2v) is 8.05. The van der Waals surface area contributed by atoms with Gasteiger partial charge in [0, 0.05) is 11.6 Å². The first-order valence-corrected chi connectivity index (χ1v) is 9.49. The number of hydrogen-bond donors (Lipinski definition) is 2. The van der Waals surface area contributed by atoms with Crippen LogP contribution in [0.3, 0.4) is 0 Å². The lowest BCUT2D eigenvalue weighted by Crippen LogP contribution is -2.36. The Hall–Kier alpha value is -2.81. The molecule has 0 unspecified atom stereocenters. The van der Waals surface area contributed by atoms with Gasteiger partial charge in [-0.15, -0.1) is 0 Å². The predicted molar refractivity (Wildman–Crippen MR) is 89.7 cm³/mol. The molecule has 11 heteroatoms. The standard InChI is InChI=1S/C17H13F3N2O5S/c18-11-5-10(9-21)6-12(7-11)27-14-1-2-15(28(25,26)4-3-23)16-13(14)8-17(19,20)22(16)24/h1-2,5-7,23-24H,3-4,8H2. The average Bonchev–Trinajstić information content (AvgIpc) is 2.85. The Morgan fingerprint density at radius 1 is 1.29 bits per heavy atom. The van der Waals surface area contributed by atoms with Crippen LogP contribution in [0.5, 0.6) is 11.5 Å². The lowest BCUT2D eigenvalue weighted by Gasteiger charge is -2.20. The van der Waals surface area contributed by atoms with Gasteiger partial charge in [0.25, 0.3) is 0 Å². The number of alkyl halides is 2. The summed E-state index contributed by atoms with van der Waals surface area (Å²) in [4.78, 5) is -0.597. The number of nitrogens with zero attached hydrogens (tertiary/aromatic N) is 2. The van der Waals surface area contributed by atoms with Gasteiger partial charge in [0.1, 0.15) is 17.3 Å². The molecule has 2 aromatic carbocycles. The smallest absolute Gasteiger partial charge is 0.351 e. The number of hydroxylamine groups is 1. The van der Waals surface area contributed by atoms with E-state index < -0.39 is 56.1 Å². The summed E-state index contributed by atoms with van der Waals surface area (Å²) < 4.78 is 71.7. The Bertz CT molecular complexity index is 1080. The molecule has 0 radical (unpaired) electrons. The molecule has 0 fully saturated rings. The van der Waals surface area contributed by atoms with E-state index in [1.807, 2.05) is 0 Å². The fraction of sp³-hybridized carbons (Fsp3) is 0.235. The van der Waals surface area contributed by atoms with Gasteiger partial charge in [0.15, 0.2) is 9.84 Å². The van der Waals surface area contributed by atoms with Crippen molar-refractivity contribution in [2.45, 2.75) is 17.4 Å². The molecule has 0 spiro atoms. The number of sulfone groups is 1. The van der Waals surface area contributed by atoms with E-state index in [0.29, 0.717) is 0 Å². The number of rotatable bonds is 5. The van der Waals surface area contributed by atoms with Crippen LogP contribution in [0.2, 0.25) is 0 Å². The highest BCUT2D eigenvalue weighted by atomic mass is 32.2. The fourth-order valence-corrected chi connectivity index (χ4v) is 4.08. The molecule has 0 saturated carbocycles. The highest BCUT2D eigenvalue weighted by molar-refractivity contribution is 7.91. The molecule has 7 nitrogen and oxygen atoms in total. The van der Waals surface area contributed by atoms with Gasteiger partial charge >= 0.3 is 6.05 Å². The van der Waals surface area contributed by atoms with Crippen molar-refractivity contribution in [3.63, 3.8) is 0 Å². The molecular formula is C17H13F3N2O5S. The predicted octanol–water partition coefficient (Wildman–Crippen LogP) is 2.60. The van der Waals surface area contributed by atoms with Gasteiger partial charge in [0.2, 0.25) is 0 Å².